The van der Waals surface area contributed by atoms with Crippen LogP contribution in [0.2, 0.25) is 0 Å². The van der Waals surface area contributed by atoms with Crippen LogP contribution in [0.15, 0.2) is 42.1 Å². The Morgan fingerprint density at radius 1 is 1.31 bits per heavy atom. The first kappa shape index (κ1) is 10.6. The van der Waals surface area contributed by atoms with Gasteiger partial charge in [0.15, 0.2) is 0 Å². The Hall–Kier alpha value is -1.90. The zero-order chi connectivity index (χ0) is 11.5. The predicted molar refractivity (Wildman–Crippen MR) is 69.9 cm³/mol. The summed E-state index contributed by atoms with van der Waals surface area (Å²) >= 11 is 0. The van der Waals surface area contributed by atoms with Gasteiger partial charge in [-0.05, 0) is 36.6 Å². The predicted octanol–water partition coefficient (Wildman–Crippen LogP) is 2.74. The lowest BCUT2D eigenvalue weighted by molar-refractivity contribution is 0.731. The summed E-state index contributed by atoms with van der Waals surface area (Å²) in [5.41, 5.74) is 15.0. The van der Waals surface area contributed by atoms with Gasteiger partial charge in [0.05, 0.1) is 11.4 Å². The van der Waals surface area contributed by atoms with Crippen LogP contribution in [0, 0.1) is 5.92 Å². The molecule has 3 heteroatoms. The Bertz CT molecular complexity index is 446. The van der Waals surface area contributed by atoms with Gasteiger partial charge >= 0.3 is 0 Å². The first-order valence-electron chi connectivity index (χ1n) is 5.45. The van der Waals surface area contributed by atoms with E-state index in [-0.39, 0.29) is 0 Å². The van der Waals surface area contributed by atoms with Gasteiger partial charge in [0.2, 0.25) is 0 Å². The number of anilines is 3. The molecule has 0 radical (unpaired) electrons. The maximum absolute atomic E-state index is 5.86. The summed E-state index contributed by atoms with van der Waals surface area (Å²) in [5.74, 6) is 0.615. The summed E-state index contributed by atoms with van der Waals surface area (Å²) in [4.78, 5) is 0. The molecule has 1 aromatic carbocycles. The van der Waals surface area contributed by atoms with Crippen LogP contribution in [0.1, 0.15) is 13.3 Å². The number of rotatable bonds is 2. The van der Waals surface area contributed by atoms with E-state index < -0.39 is 0 Å². The van der Waals surface area contributed by atoms with Crippen LogP contribution in [0.4, 0.5) is 17.1 Å². The molecule has 0 fully saturated rings. The highest BCUT2D eigenvalue weighted by atomic mass is 14.9. The number of nitrogens with one attached hydrogen (secondary N) is 1. The van der Waals surface area contributed by atoms with Crippen molar-refractivity contribution in [2.75, 3.05) is 16.8 Å². The van der Waals surface area contributed by atoms with Crippen molar-refractivity contribution >= 4 is 17.1 Å². The Balaban J connectivity index is 2.15. The zero-order valence-corrected chi connectivity index (χ0v) is 9.40. The number of nitrogen functional groups attached to an aromatic ring is 2. The maximum Gasteiger partial charge on any atom is 0.0638 e. The van der Waals surface area contributed by atoms with Crippen molar-refractivity contribution < 1.29 is 0 Å². The molecule has 84 valence electrons. The third-order valence-corrected chi connectivity index (χ3v) is 2.67. The SMILES string of the molecule is CC1C=CC(Nc2cc(N)ccc2N)=CC1. The average Bonchev–Trinajstić information content (AvgIpc) is 2.27. The van der Waals surface area contributed by atoms with E-state index in [2.05, 4.69) is 30.5 Å². The summed E-state index contributed by atoms with van der Waals surface area (Å²) in [6.45, 7) is 2.19. The molecule has 0 aliphatic heterocycles. The average molecular weight is 215 g/mol. The first-order chi connectivity index (χ1) is 7.65. The van der Waals surface area contributed by atoms with E-state index >= 15 is 0 Å². The number of nitrogens with two attached hydrogens (primary N) is 2. The molecule has 1 atom stereocenters. The minimum Gasteiger partial charge on any atom is -0.399 e. The van der Waals surface area contributed by atoms with Gasteiger partial charge in [0, 0.05) is 11.4 Å². The minimum absolute atomic E-state index is 0.615. The summed E-state index contributed by atoms with van der Waals surface area (Å²) in [5, 5.41) is 3.28. The van der Waals surface area contributed by atoms with Crippen LogP contribution < -0.4 is 16.8 Å². The van der Waals surface area contributed by atoms with E-state index in [1.165, 1.54) is 0 Å². The molecule has 2 rings (SSSR count). The fourth-order valence-electron chi connectivity index (χ4n) is 1.66. The Labute approximate surface area is 95.8 Å². The zero-order valence-electron chi connectivity index (χ0n) is 9.40. The van der Waals surface area contributed by atoms with Crippen LogP contribution in [0.25, 0.3) is 0 Å². The second-order valence-corrected chi connectivity index (χ2v) is 4.20. The molecule has 1 aromatic rings. The van der Waals surface area contributed by atoms with Crippen molar-refractivity contribution in [1.82, 2.24) is 0 Å². The van der Waals surface area contributed by atoms with Crippen LogP contribution >= 0.6 is 0 Å². The van der Waals surface area contributed by atoms with E-state index in [1.54, 1.807) is 6.07 Å². The summed E-state index contributed by atoms with van der Waals surface area (Å²) < 4.78 is 0. The van der Waals surface area contributed by atoms with Crippen molar-refractivity contribution in [1.29, 1.82) is 0 Å². The summed E-state index contributed by atoms with van der Waals surface area (Å²) in [7, 11) is 0. The van der Waals surface area contributed by atoms with Gasteiger partial charge < -0.3 is 16.8 Å². The molecule has 0 amide bonds. The number of allylic oxidation sites excluding steroid dienone is 3. The van der Waals surface area contributed by atoms with Gasteiger partial charge in [-0.1, -0.05) is 19.1 Å². The third kappa shape index (κ3) is 2.37. The smallest absolute Gasteiger partial charge is 0.0638 e. The van der Waals surface area contributed by atoms with E-state index in [4.69, 9.17) is 11.5 Å². The van der Waals surface area contributed by atoms with Crippen molar-refractivity contribution in [3.05, 3.63) is 42.1 Å². The molecule has 1 aliphatic rings. The highest BCUT2D eigenvalue weighted by Gasteiger charge is 2.05. The summed E-state index contributed by atoms with van der Waals surface area (Å²) in [6.07, 6.45) is 7.50. The third-order valence-electron chi connectivity index (χ3n) is 2.67. The molecule has 0 bridgehead atoms. The lowest BCUT2D eigenvalue weighted by Gasteiger charge is -2.15. The number of hydrogen-bond acceptors (Lipinski definition) is 3. The van der Waals surface area contributed by atoms with Crippen molar-refractivity contribution in [2.45, 2.75) is 13.3 Å². The van der Waals surface area contributed by atoms with Gasteiger partial charge in [-0.15, -0.1) is 0 Å². The van der Waals surface area contributed by atoms with Crippen molar-refractivity contribution in [3.63, 3.8) is 0 Å². The van der Waals surface area contributed by atoms with Crippen LogP contribution in [-0.4, -0.2) is 0 Å². The molecular formula is C13H17N3. The van der Waals surface area contributed by atoms with Crippen LogP contribution in [0.3, 0.4) is 0 Å². The van der Waals surface area contributed by atoms with Crippen LogP contribution in [-0.2, 0) is 0 Å². The molecular weight excluding hydrogens is 198 g/mol. The molecule has 0 heterocycles. The monoisotopic (exact) mass is 215 g/mol. The standard InChI is InChI=1S/C13H17N3/c1-9-2-5-11(6-3-9)16-13-8-10(14)4-7-12(13)15/h2,4-9,16H,3,14-15H2,1H3. The van der Waals surface area contributed by atoms with E-state index in [9.17, 15) is 0 Å². The second kappa shape index (κ2) is 4.31. The molecule has 1 aliphatic carbocycles. The molecule has 3 nitrogen and oxygen atoms in total. The largest absolute Gasteiger partial charge is 0.399 e. The lowest BCUT2D eigenvalue weighted by atomic mass is 10.0. The fraction of sp³-hybridized carbons (Fsp3) is 0.231. The van der Waals surface area contributed by atoms with Crippen LogP contribution in [0.5, 0.6) is 0 Å². The molecule has 0 saturated heterocycles. The molecule has 16 heavy (non-hydrogen) atoms. The van der Waals surface area contributed by atoms with Gasteiger partial charge in [-0.25, -0.2) is 0 Å². The van der Waals surface area contributed by atoms with Gasteiger partial charge in [0.25, 0.3) is 0 Å². The lowest BCUT2D eigenvalue weighted by Crippen LogP contribution is -2.05. The molecule has 1 unspecified atom stereocenters. The fourth-order valence-corrected chi connectivity index (χ4v) is 1.66. The molecule has 0 saturated carbocycles. The van der Waals surface area contributed by atoms with Gasteiger partial charge in [-0.3, -0.25) is 0 Å². The highest BCUT2D eigenvalue weighted by molar-refractivity contribution is 5.73. The number of benzene rings is 1. The minimum atomic E-state index is 0.615. The van der Waals surface area contributed by atoms with Gasteiger partial charge in [0.1, 0.15) is 0 Å². The van der Waals surface area contributed by atoms with Crippen molar-refractivity contribution in [2.24, 2.45) is 5.92 Å². The van der Waals surface area contributed by atoms with E-state index in [1.807, 2.05) is 12.1 Å². The maximum atomic E-state index is 5.86. The quantitative estimate of drug-likeness (QED) is 0.665. The molecule has 0 spiro atoms. The Morgan fingerprint density at radius 3 is 2.81 bits per heavy atom. The van der Waals surface area contributed by atoms with E-state index in [0.29, 0.717) is 17.3 Å². The molecule has 5 N–H and O–H groups in total. The summed E-state index contributed by atoms with van der Waals surface area (Å²) in [6, 6.07) is 5.46. The second-order valence-electron chi connectivity index (χ2n) is 4.20. The first-order valence-corrected chi connectivity index (χ1v) is 5.45. The highest BCUT2D eigenvalue weighted by Crippen LogP contribution is 2.24. The number of hydrogen-bond donors (Lipinski definition) is 3. The van der Waals surface area contributed by atoms with Crippen molar-refractivity contribution in [3.8, 4) is 0 Å². The Kier molecular flexibility index (Phi) is 2.86. The normalized spacial score (nSPS) is 19.3. The Morgan fingerprint density at radius 2 is 2.12 bits per heavy atom. The van der Waals surface area contributed by atoms with E-state index in [0.717, 1.165) is 17.8 Å². The topological polar surface area (TPSA) is 64.1 Å². The molecule has 0 aromatic heterocycles. The van der Waals surface area contributed by atoms with Gasteiger partial charge in [-0.2, -0.15) is 0 Å².